The van der Waals surface area contributed by atoms with Crippen molar-refractivity contribution in [1.29, 1.82) is 0 Å². The van der Waals surface area contributed by atoms with E-state index in [9.17, 15) is 0 Å². The molecule has 0 aromatic carbocycles. The molecule has 0 heterocycles. The van der Waals surface area contributed by atoms with E-state index >= 15 is 0 Å². The summed E-state index contributed by atoms with van der Waals surface area (Å²) in [6.07, 6.45) is 13.6. The Morgan fingerprint density at radius 2 is 1.75 bits per heavy atom. The normalized spacial score (nSPS) is 24.9. The maximum absolute atomic E-state index is 3.81. The van der Waals surface area contributed by atoms with Gasteiger partial charge in [0.1, 0.15) is 0 Å². The second kappa shape index (κ2) is 5.83. The van der Waals surface area contributed by atoms with Gasteiger partial charge < -0.3 is 5.32 Å². The molecule has 0 unspecified atom stereocenters. The summed E-state index contributed by atoms with van der Waals surface area (Å²) in [5.41, 5.74) is 3.15. The SMILES string of the molecule is CCC1(CC)CC(CNC(C)(C)C)(C2=CCCCC2)C1. The average molecular weight is 277 g/mol. The molecule has 1 N–H and O–H groups in total. The van der Waals surface area contributed by atoms with E-state index in [0.717, 1.165) is 0 Å². The number of nitrogens with one attached hydrogen (secondary N) is 1. The molecule has 0 saturated heterocycles. The van der Waals surface area contributed by atoms with E-state index in [-0.39, 0.29) is 5.54 Å². The molecule has 1 saturated carbocycles. The molecule has 2 rings (SSSR count). The van der Waals surface area contributed by atoms with Crippen molar-refractivity contribution in [2.75, 3.05) is 6.54 Å². The van der Waals surface area contributed by atoms with E-state index in [1.54, 1.807) is 5.57 Å². The summed E-state index contributed by atoms with van der Waals surface area (Å²) in [7, 11) is 0. The van der Waals surface area contributed by atoms with Crippen LogP contribution in [0.5, 0.6) is 0 Å². The van der Waals surface area contributed by atoms with Crippen LogP contribution in [-0.2, 0) is 0 Å². The highest BCUT2D eigenvalue weighted by molar-refractivity contribution is 5.25. The molecule has 0 spiro atoms. The standard InChI is InChI=1S/C19H35N/c1-6-18(7-2)13-19(14-18,15-20-17(3,4)5)16-11-9-8-10-12-16/h11,20H,6-10,12-15H2,1-5H3. The molecular weight excluding hydrogens is 242 g/mol. The first-order chi connectivity index (χ1) is 9.35. The third-order valence-electron chi connectivity index (χ3n) is 5.86. The fraction of sp³-hybridized carbons (Fsp3) is 0.895. The van der Waals surface area contributed by atoms with Crippen molar-refractivity contribution in [1.82, 2.24) is 5.32 Å². The summed E-state index contributed by atoms with van der Waals surface area (Å²) in [6.45, 7) is 12.8. The van der Waals surface area contributed by atoms with Gasteiger partial charge in [0, 0.05) is 17.5 Å². The van der Waals surface area contributed by atoms with Gasteiger partial charge >= 0.3 is 0 Å². The number of allylic oxidation sites excluding steroid dienone is 1. The molecule has 0 bridgehead atoms. The summed E-state index contributed by atoms with van der Waals surface area (Å²) in [4.78, 5) is 0. The lowest BCUT2D eigenvalue weighted by Crippen LogP contribution is -2.55. The van der Waals surface area contributed by atoms with Crippen molar-refractivity contribution in [3.05, 3.63) is 11.6 Å². The summed E-state index contributed by atoms with van der Waals surface area (Å²) >= 11 is 0. The minimum absolute atomic E-state index is 0.235. The molecule has 0 aliphatic heterocycles. The number of rotatable bonds is 5. The van der Waals surface area contributed by atoms with Crippen molar-refractivity contribution >= 4 is 0 Å². The zero-order chi connectivity index (χ0) is 14.9. The van der Waals surface area contributed by atoms with Gasteiger partial charge in [-0.2, -0.15) is 0 Å². The Balaban J connectivity index is 2.12. The van der Waals surface area contributed by atoms with Crippen LogP contribution in [0.2, 0.25) is 0 Å². The van der Waals surface area contributed by atoms with Gasteiger partial charge in [-0.1, -0.05) is 38.3 Å². The van der Waals surface area contributed by atoms with Crippen LogP contribution in [0, 0.1) is 10.8 Å². The molecule has 1 heteroatoms. The van der Waals surface area contributed by atoms with Crippen LogP contribution in [0.4, 0.5) is 0 Å². The Bertz CT molecular complexity index is 346. The molecule has 0 aromatic rings. The maximum atomic E-state index is 3.81. The topological polar surface area (TPSA) is 12.0 Å². The van der Waals surface area contributed by atoms with Crippen LogP contribution >= 0.6 is 0 Å². The summed E-state index contributed by atoms with van der Waals surface area (Å²) in [5.74, 6) is 0. The molecule has 0 radical (unpaired) electrons. The molecular formula is C19H35N. The highest BCUT2D eigenvalue weighted by Gasteiger charge is 2.53. The Kier molecular flexibility index (Phi) is 4.69. The molecule has 0 atom stereocenters. The Labute approximate surface area is 126 Å². The summed E-state index contributed by atoms with van der Waals surface area (Å²) in [6, 6.07) is 0. The van der Waals surface area contributed by atoms with Gasteiger partial charge in [-0.25, -0.2) is 0 Å². The van der Waals surface area contributed by atoms with E-state index in [4.69, 9.17) is 0 Å². The van der Waals surface area contributed by atoms with Crippen LogP contribution < -0.4 is 5.32 Å². The maximum Gasteiger partial charge on any atom is 0.00968 e. The highest BCUT2D eigenvalue weighted by Crippen LogP contribution is 2.62. The molecule has 1 nitrogen and oxygen atoms in total. The van der Waals surface area contributed by atoms with Crippen LogP contribution in [0.1, 0.15) is 86.0 Å². The zero-order valence-corrected chi connectivity index (χ0v) is 14.4. The predicted octanol–water partition coefficient (Wildman–Crippen LogP) is 5.46. The summed E-state index contributed by atoms with van der Waals surface area (Å²) < 4.78 is 0. The smallest absolute Gasteiger partial charge is 0.00968 e. The van der Waals surface area contributed by atoms with Crippen LogP contribution in [0.3, 0.4) is 0 Å². The van der Waals surface area contributed by atoms with E-state index < -0.39 is 0 Å². The first kappa shape index (κ1) is 16.1. The van der Waals surface area contributed by atoms with Gasteiger partial charge in [0.05, 0.1) is 0 Å². The van der Waals surface area contributed by atoms with E-state index in [1.807, 2.05) is 0 Å². The highest BCUT2D eigenvalue weighted by atomic mass is 15.0. The lowest BCUT2D eigenvalue weighted by molar-refractivity contribution is -0.0253. The van der Waals surface area contributed by atoms with Crippen molar-refractivity contribution < 1.29 is 0 Å². The van der Waals surface area contributed by atoms with E-state index in [0.29, 0.717) is 10.8 Å². The monoisotopic (exact) mass is 277 g/mol. The van der Waals surface area contributed by atoms with Crippen molar-refractivity contribution in [3.8, 4) is 0 Å². The molecule has 20 heavy (non-hydrogen) atoms. The second-order valence-electron chi connectivity index (χ2n) is 8.42. The van der Waals surface area contributed by atoms with E-state index in [1.165, 1.54) is 57.9 Å². The average Bonchev–Trinajstić information content (AvgIpc) is 2.38. The summed E-state index contributed by atoms with van der Waals surface area (Å²) in [5, 5.41) is 3.81. The lowest BCUT2D eigenvalue weighted by atomic mass is 9.47. The number of hydrogen-bond acceptors (Lipinski definition) is 1. The Morgan fingerprint density at radius 3 is 2.20 bits per heavy atom. The van der Waals surface area contributed by atoms with Gasteiger partial charge in [0.15, 0.2) is 0 Å². The molecule has 116 valence electrons. The Hall–Kier alpha value is -0.300. The van der Waals surface area contributed by atoms with Crippen molar-refractivity contribution in [3.63, 3.8) is 0 Å². The molecule has 1 fully saturated rings. The van der Waals surface area contributed by atoms with E-state index in [2.05, 4.69) is 46.0 Å². The minimum Gasteiger partial charge on any atom is -0.311 e. The van der Waals surface area contributed by atoms with Gasteiger partial charge in [-0.15, -0.1) is 0 Å². The fourth-order valence-corrected chi connectivity index (χ4v) is 4.35. The predicted molar refractivity (Wildman–Crippen MR) is 89.0 cm³/mol. The fourth-order valence-electron chi connectivity index (χ4n) is 4.35. The number of hydrogen-bond donors (Lipinski definition) is 1. The first-order valence-corrected chi connectivity index (χ1v) is 8.79. The molecule has 2 aliphatic carbocycles. The van der Waals surface area contributed by atoms with Crippen LogP contribution in [-0.4, -0.2) is 12.1 Å². The van der Waals surface area contributed by atoms with Gasteiger partial charge in [-0.05, 0) is 64.7 Å². The van der Waals surface area contributed by atoms with Gasteiger partial charge in [0.2, 0.25) is 0 Å². The van der Waals surface area contributed by atoms with Gasteiger partial charge in [0.25, 0.3) is 0 Å². The zero-order valence-electron chi connectivity index (χ0n) is 14.4. The largest absolute Gasteiger partial charge is 0.311 e. The second-order valence-corrected chi connectivity index (χ2v) is 8.42. The first-order valence-electron chi connectivity index (χ1n) is 8.79. The Morgan fingerprint density at radius 1 is 1.10 bits per heavy atom. The van der Waals surface area contributed by atoms with Crippen molar-refractivity contribution in [2.45, 2.75) is 91.5 Å². The van der Waals surface area contributed by atoms with Crippen LogP contribution in [0.15, 0.2) is 11.6 Å². The third-order valence-corrected chi connectivity index (χ3v) is 5.86. The van der Waals surface area contributed by atoms with Crippen LogP contribution in [0.25, 0.3) is 0 Å². The molecule has 2 aliphatic rings. The minimum atomic E-state index is 0.235. The van der Waals surface area contributed by atoms with Crippen molar-refractivity contribution in [2.24, 2.45) is 10.8 Å². The molecule has 0 aromatic heterocycles. The van der Waals surface area contributed by atoms with Gasteiger partial charge in [-0.3, -0.25) is 0 Å². The quantitative estimate of drug-likeness (QED) is 0.658. The lowest BCUT2D eigenvalue weighted by Gasteiger charge is -2.59. The molecule has 0 amide bonds. The third kappa shape index (κ3) is 3.30.